The van der Waals surface area contributed by atoms with Crippen LogP contribution in [-0.4, -0.2) is 5.97 Å². The molecule has 29 heavy (non-hydrogen) atoms. The molecule has 0 fully saturated rings. The van der Waals surface area contributed by atoms with Crippen LogP contribution in [0, 0.1) is 5.92 Å². The first kappa shape index (κ1) is 21.2. The molecule has 0 amide bonds. The van der Waals surface area contributed by atoms with Crippen molar-refractivity contribution in [2.24, 2.45) is 5.92 Å². The Balaban J connectivity index is 1.73. The summed E-state index contributed by atoms with van der Waals surface area (Å²) in [6.45, 7) is 3.94. The molecule has 0 heterocycles. The van der Waals surface area contributed by atoms with Gasteiger partial charge in [-0.1, -0.05) is 79.5 Å². The van der Waals surface area contributed by atoms with Crippen LogP contribution < -0.4 is 4.74 Å². The molecule has 0 saturated carbocycles. The van der Waals surface area contributed by atoms with Crippen molar-refractivity contribution >= 4 is 29.2 Å². The number of alkyl halides is 1. The summed E-state index contributed by atoms with van der Waals surface area (Å²) < 4.78 is 11.4. The van der Waals surface area contributed by atoms with Gasteiger partial charge in [0.1, 0.15) is 11.5 Å². The summed E-state index contributed by atoms with van der Waals surface area (Å²) >= 11 is 12.4. The molecule has 2 atom stereocenters. The first-order chi connectivity index (χ1) is 13.9. The number of carbonyl (C=O) groups is 1. The Labute approximate surface area is 181 Å². The Kier molecular flexibility index (Phi) is 7.18. The molecule has 0 N–H and O–H groups in total. The van der Waals surface area contributed by atoms with Gasteiger partial charge in [-0.15, -0.1) is 0 Å². The number of ether oxygens (including phenoxy) is 2. The standard InChI is InChI=1S/C24H22Cl2O3/c1-16(2)22(17-11-13-19(25)14-12-17)24(27)29-23(26)18-7-6-10-21(15-18)28-20-8-4-3-5-9-20/h3-16,22-23H,1-2H3. The van der Waals surface area contributed by atoms with Crippen LogP contribution >= 0.6 is 23.2 Å². The highest BCUT2D eigenvalue weighted by Gasteiger charge is 2.28. The first-order valence-electron chi connectivity index (χ1n) is 9.37. The predicted octanol–water partition coefficient (Wildman–Crippen LogP) is 7.35. The molecule has 5 heteroatoms. The summed E-state index contributed by atoms with van der Waals surface area (Å²) in [6, 6.07) is 23.9. The van der Waals surface area contributed by atoms with Gasteiger partial charge >= 0.3 is 5.97 Å². The third-order valence-corrected chi connectivity index (χ3v) is 5.06. The molecule has 0 spiro atoms. The molecule has 0 radical (unpaired) electrons. The van der Waals surface area contributed by atoms with Crippen LogP contribution in [0.5, 0.6) is 11.5 Å². The molecule has 3 aromatic carbocycles. The number of hydrogen-bond acceptors (Lipinski definition) is 3. The van der Waals surface area contributed by atoms with Gasteiger partial charge in [0.25, 0.3) is 0 Å². The average Bonchev–Trinajstić information content (AvgIpc) is 2.70. The number of esters is 1. The minimum Gasteiger partial charge on any atom is -0.457 e. The van der Waals surface area contributed by atoms with Gasteiger partial charge in [-0.25, -0.2) is 0 Å². The number of para-hydroxylation sites is 1. The van der Waals surface area contributed by atoms with Crippen LogP contribution in [0.1, 0.15) is 36.5 Å². The van der Waals surface area contributed by atoms with E-state index in [9.17, 15) is 4.79 Å². The van der Waals surface area contributed by atoms with E-state index < -0.39 is 11.5 Å². The molecule has 0 saturated heterocycles. The Morgan fingerprint density at radius 3 is 2.14 bits per heavy atom. The van der Waals surface area contributed by atoms with E-state index in [0.717, 1.165) is 11.3 Å². The fourth-order valence-electron chi connectivity index (χ4n) is 3.05. The van der Waals surface area contributed by atoms with Crippen LogP contribution in [0.4, 0.5) is 0 Å². The second-order valence-electron chi connectivity index (χ2n) is 7.01. The van der Waals surface area contributed by atoms with Crippen molar-refractivity contribution < 1.29 is 14.3 Å². The largest absolute Gasteiger partial charge is 0.457 e. The van der Waals surface area contributed by atoms with Crippen LogP contribution in [0.3, 0.4) is 0 Å². The number of halogens is 2. The molecule has 3 rings (SSSR count). The lowest BCUT2D eigenvalue weighted by Crippen LogP contribution is -2.21. The van der Waals surface area contributed by atoms with E-state index in [0.29, 0.717) is 16.3 Å². The van der Waals surface area contributed by atoms with Crippen molar-refractivity contribution in [2.45, 2.75) is 25.3 Å². The molecule has 2 unspecified atom stereocenters. The number of benzene rings is 3. The van der Waals surface area contributed by atoms with Crippen molar-refractivity contribution in [3.63, 3.8) is 0 Å². The SMILES string of the molecule is CC(C)C(C(=O)OC(Cl)c1cccc(Oc2ccccc2)c1)c1ccc(Cl)cc1. The van der Waals surface area contributed by atoms with Crippen LogP contribution in [0.15, 0.2) is 78.9 Å². The summed E-state index contributed by atoms with van der Waals surface area (Å²) in [6.07, 6.45) is 0. The molecule has 3 aromatic rings. The maximum Gasteiger partial charge on any atom is 0.315 e. The van der Waals surface area contributed by atoms with E-state index in [4.69, 9.17) is 32.7 Å². The topological polar surface area (TPSA) is 35.5 Å². The van der Waals surface area contributed by atoms with E-state index in [2.05, 4.69) is 0 Å². The van der Waals surface area contributed by atoms with E-state index in [1.165, 1.54) is 0 Å². The van der Waals surface area contributed by atoms with Crippen LogP contribution in [-0.2, 0) is 9.53 Å². The smallest absolute Gasteiger partial charge is 0.315 e. The van der Waals surface area contributed by atoms with Gasteiger partial charge in [-0.2, -0.15) is 0 Å². The molecule has 150 valence electrons. The lowest BCUT2D eigenvalue weighted by molar-refractivity contribution is -0.148. The van der Waals surface area contributed by atoms with Gasteiger partial charge in [0.2, 0.25) is 5.56 Å². The number of hydrogen-bond donors (Lipinski definition) is 0. The molecule has 0 aliphatic carbocycles. The zero-order valence-electron chi connectivity index (χ0n) is 16.2. The summed E-state index contributed by atoms with van der Waals surface area (Å²) in [5.74, 6) is 0.568. The second kappa shape index (κ2) is 9.82. The fourth-order valence-corrected chi connectivity index (χ4v) is 3.40. The van der Waals surface area contributed by atoms with Gasteiger partial charge in [0.15, 0.2) is 0 Å². The van der Waals surface area contributed by atoms with Gasteiger partial charge in [0.05, 0.1) is 5.92 Å². The van der Waals surface area contributed by atoms with Crippen molar-refractivity contribution in [3.8, 4) is 11.5 Å². The number of carbonyl (C=O) groups excluding carboxylic acids is 1. The lowest BCUT2D eigenvalue weighted by Gasteiger charge is -2.22. The van der Waals surface area contributed by atoms with Crippen LogP contribution in [0.25, 0.3) is 0 Å². The van der Waals surface area contributed by atoms with Gasteiger partial charge in [0, 0.05) is 10.6 Å². The first-order valence-corrected chi connectivity index (χ1v) is 10.2. The van der Waals surface area contributed by atoms with E-state index in [-0.39, 0.29) is 11.9 Å². The highest BCUT2D eigenvalue weighted by Crippen LogP contribution is 2.32. The monoisotopic (exact) mass is 428 g/mol. The fraction of sp³-hybridized carbons (Fsp3) is 0.208. The van der Waals surface area contributed by atoms with Crippen molar-refractivity contribution in [3.05, 3.63) is 95.0 Å². The Hall–Kier alpha value is -2.49. The summed E-state index contributed by atoms with van der Waals surface area (Å²) in [7, 11) is 0. The Morgan fingerprint density at radius 2 is 1.48 bits per heavy atom. The third kappa shape index (κ3) is 5.75. The molecule has 0 aliphatic heterocycles. The molecule has 0 aromatic heterocycles. The van der Waals surface area contributed by atoms with Gasteiger partial charge in [-0.3, -0.25) is 4.79 Å². The second-order valence-corrected chi connectivity index (χ2v) is 7.85. The molecular weight excluding hydrogens is 407 g/mol. The quantitative estimate of drug-likeness (QED) is 0.291. The maximum atomic E-state index is 12.9. The predicted molar refractivity (Wildman–Crippen MR) is 117 cm³/mol. The summed E-state index contributed by atoms with van der Waals surface area (Å²) in [5.41, 5.74) is 0.571. The summed E-state index contributed by atoms with van der Waals surface area (Å²) in [5, 5.41) is 0.620. The van der Waals surface area contributed by atoms with E-state index in [1.54, 1.807) is 24.3 Å². The highest BCUT2D eigenvalue weighted by atomic mass is 35.5. The number of rotatable bonds is 7. The molecular formula is C24H22Cl2O3. The molecule has 3 nitrogen and oxygen atoms in total. The van der Waals surface area contributed by atoms with E-state index >= 15 is 0 Å². The van der Waals surface area contributed by atoms with E-state index in [1.807, 2.05) is 68.4 Å². The minimum atomic E-state index is -0.921. The Bertz CT molecular complexity index is 940. The average molecular weight is 429 g/mol. The van der Waals surface area contributed by atoms with Gasteiger partial charge < -0.3 is 9.47 Å². The molecule has 0 aliphatic rings. The Morgan fingerprint density at radius 1 is 0.828 bits per heavy atom. The lowest BCUT2D eigenvalue weighted by atomic mass is 9.88. The zero-order valence-corrected chi connectivity index (χ0v) is 17.7. The van der Waals surface area contributed by atoms with Gasteiger partial charge in [-0.05, 0) is 47.9 Å². The summed E-state index contributed by atoms with van der Waals surface area (Å²) in [4.78, 5) is 12.9. The highest BCUT2D eigenvalue weighted by molar-refractivity contribution is 6.30. The zero-order chi connectivity index (χ0) is 20.8. The molecule has 0 bridgehead atoms. The van der Waals surface area contributed by atoms with Crippen molar-refractivity contribution in [1.29, 1.82) is 0 Å². The third-order valence-electron chi connectivity index (χ3n) is 4.47. The van der Waals surface area contributed by atoms with Crippen molar-refractivity contribution in [1.82, 2.24) is 0 Å². The van der Waals surface area contributed by atoms with Crippen molar-refractivity contribution in [2.75, 3.05) is 0 Å². The maximum absolute atomic E-state index is 12.9. The normalized spacial score (nSPS) is 13.0. The minimum absolute atomic E-state index is 0.0419. The van der Waals surface area contributed by atoms with Crippen LogP contribution in [0.2, 0.25) is 5.02 Å².